The number of nitrogens with zero attached hydrogens (tertiary/aromatic N) is 1. The molecule has 33 heavy (non-hydrogen) atoms. The molecule has 4 N–H and O–H groups in total. The number of likely N-dealkylation sites (tertiary alicyclic amines) is 1. The van der Waals surface area contributed by atoms with Crippen molar-refractivity contribution in [3.8, 4) is 0 Å². The molecule has 2 fully saturated rings. The Balaban J connectivity index is 1.38. The minimum absolute atomic E-state index is 0.0246. The number of benzene rings is 1. The van der Waals surface area contributed by atoms with Crippen LogP contribution in [0.25, 0.3) is 0 Å². The zero-order valence-electron chi connectivity index (χ0n) is 19.5. The Morgan fingerprint density at radius 2 is 1.82 bits per heavy atom. The van der Waals surface area contributed by atoms with Crippen molar-refractivity contribution in [2.75, 3.05) is 38.5 Å². The third-order valence-corrected chi connectivity index (χ3v) is 7.72. The Bertz CT molecular complexity index is 798. The first-order chi connectivity index (χ1) is 16.0. The quantitative estimate of drug-likeness (QED) is 0.338. The molecular formula is C25H38N4O3S. The highest BCUT2D eigenvalue weighted by molar-refractivity contribution is 8.00. The number of carbonyl (C=O) groups excluding carboxylic acids is 3. The van der Waals surface area contributed by atoms with Gasteiger partial charge in [0, 0.05) is 24.5 Å². The molecule has 0 spiro atoms. The van der Waals surface area contributed by atoms with Crippen LogP contribution in [0, 0.1) is 11.8 Å². The maximum absolute atomic E-state index is 12.7. The van der Waals surface area contributed by atoms with Gasteiger partial charge in [0.25, 0.3) is 5.91 Å². The van der Waals surface area contributed by atoms with Gasteiger partial charge < -0.3 is 21.3 Å². The number of rotatable bonds is 11. The zero-order valence-corrected chi connectivity index (χ0v) is 20.3. The third-order valence-electron chi connectivity index (χ3n) is 6.65. The predicted octanol–water partition coefficient (Wildman–Crippen LogP) is 2.79. The Labute approximate surface area is 201 Å². The summed E-state index contributed by atoms with van der Waals surface area (Å²) in [4.78, 5) is 39.5. The maximum atomic E-state index is 12.7. The summed E-state index contributed by atoms with van der Waals surface area (Å²) < 4.78 is 0. The van der Waals surface area contributed by atoms with Crippen LogP contribution in [0.15, 0.2) is 29.2 Å². The van der Waals surface area contributed by atoms with Crippen molar-refractivity contribution in [3.63, 3.8) is 0 Å². The summed E-state index contributed by atoms with van der Waals surface area (Å²) in [5.74, 6) is 0.553. The van der Waals surface area contributed by atoms with Crippen molar-refractivity contribution < 1.29 is 14.4 Å². The van der Waals surface area contributed by atoms with E-state index in [4.69, 9.17) is 5.73 Å². The fraction of sp³-hybridized carbons (Fsp3) is 0.640. The van der Waals surface area contributed by atoms with E-state index in [0.717, 1.165) is 43.8 Å². The average Bonchev–Trinajstić information content (AvgIpc) is 2.85. The highest BCUT2D eigenvalue weighted by Crippen LogP contribution is 2.24. The van der Waals surface area contributed by atoms with E-state index in [2.05, 4.69) is 15.5 Å². The van der Waals surface area contributed by atoms with E-state index >= 15 is 0 Å². The molecule has 7 nitrogen and oxygen atoms in total. The molecule has 0 radical (unpaired) electrons. The van der Waals surface area contributed by atoms with E-state index in [1.165, 1.54) is 43.9 Å². The molecule has 2 aliphatic rings. The normalized spacial score (nSPS) is 19.7. The van der Waals surface area contributed by atoms with Gasteiger partial charge in [-0.1, -0.05) is 31.4 Å². The molecule has 0 aromatic heterocycles. The highest BCUT2D eigenvalue weighted by Gasteiger charge is 2.23. The van der Waals surface area contributed by atoms with Gasteiger partial charge in [0.2, 0.25) is 11.8 Å². The summed E-state index contributed by atoms with van der Waals surface area (Å²) >= 11 is 1.41. The standard InChI is InChI=1S/C25H38N4O3S/c26-24(31)20-10-6-14-29(17-20)15-7-13-27-25(32)21-11-4-5-12-22(21)33-18-23(30)28-16-19-8-2-1-3-9-19/h4-5,11-12,19-20H,1-3,6-10,13-18H2,(H2,26,31)(H,27,32)(H,28,30). The molecule has 1 heterocycles. The maximum Gasteiger partial charge on any atom is 0.252 e. The topological polar surface area (TPSA) is 105 Å². The molecule has 3 amide bonds. The van der Waals surface area contributed by atoms with Crippen molar-refractivity contribution in [1.82, 2.24) is 15.5 Å². The van der Waals surface area contributed by atoms with E-state index in [9.17, 15) is 14.4 Å². The van der Waals surface area contributed by atoms with Crippen molar-refractivity contribution in [3.05, 3.63) is 29.8 Å². The Morgan fingerprint density at radius 1 is 1.03 bits per heavy atom. The van der Waals surface area contributed by atoms with Gasteiger partial charge in [-0.25, -0.2) is 0 Å². The van der Waals surface area contributed by atoms with Gasteiger partial charge >= 0.3 is 0 Å². The lowest BCUT2D eigenvalue weighted by Gasteiger charge is -2.31. The molecule has 3 rings (SSSR count). The number of hydrogen-bond donors (Lipinski definition) is 3. The lowest BCUT2D eigenvalue weighted by atomic mass is 9.89. The molecule has 1 aromatic rings. The van der Waals surface area contributed by atoms with Crippen LogP contribution < -0.4 is 16.4 Å². The molecule has 1 aromatic carbocycles. The van der Waals surface area contributed by atoms with Crippen LogP contribution in [0.4, 0.5) is 0 Å². The van der Waals surface area contributed by atoms with E-state index in [-0.39, 0.29) is 23.6 Å². The molecule has 1 saturated carbocycles. The predicted molar refractivity (Wildman–Crippen MR) is 132 cm³/mol. The first-order valence-corrected chi connectivity index (χ1v) is 13.3. The highest BCUT2D eigenvalue weighted by atomic mass is 32.2. The molecule has 1 aliphatic carbocycles. The van der Waals surface area contributed by atoms with Gasteiger partial charge in [-0.15, -0.1) is 11.8 Å². The summed E-state index contributed by atoms with van der Waals surface area (Å²) in [5.41, 5.74) is 6.05. The van der Waals surface area contributed by atoms with E-state index in [1.807, 2.05) is 18.2 Å². The fourth-order valence-electron chi connectivity index (χ4n) is 4.71. The number of hydrogen-bond acceptors (Lipinski definition) is 5. The van der Waals surface area contributed by atoms with Crippen LogP contribution in [0.1, 0.15) is 61.7 Å². The first-order valence-electron chi connectivity index (χ1n) is 12.3. The van der Waals surface area contributed by atoms with Gasteiger partial charge in [0.1, 0.15) is 0 Å². The largest absolute Gasteiger partial charge is 0.369 e. The van der Waals surface area contributed by atoms with Crippen molar-refractivity contribution in [2.45, 2.75) is 56.3 Å². The van der Waals surface area contributed by atoms with E-state index in [1.54, 1.807) is 6.07 Å². The van der Waals surface area contributed by atoms with Gasteiger partial charge in [-0.05, 0) is 63.2 Å². The summed E-state index contributed by atoms with van der Waals surface area (Å²) in [6.07, 6.45) is 8.94. The number of piperidine rings is 1. The summed E-state index contributed by atoms with van der Waals surface area (Å²) in [6, 6.07) is 7.44. The molecule has 0 bridgehead atoms. The van der Waals surface area contributed by atoms with Gasteiger partial charge in [-0.3, -0.25) is 14.4 Å². The van der Waals surface area contributed by atoms with Crippen molar-refractivity contribution >= 4 is 29.5 Å². The molecule has 1 unspecified atom stereocenters. The number of carbonyl (C=O) groups is 3. The first kappa shape index (κ1) is 25.6. The van der Waals surface area contributed by atoms with Gasteiger partial charge in [0.15, 0.2) is 0 Å². The van der Waals surface area contributed by atoms with E-state index in [0.29, 0.717) is 30.3 Å². The minimum Gasteiger partial charge on any atom is -0.369 e. The minimum atomic E-state index is -0.218. The second-order valence-electron chi connectivity index (χ2n) is 9.24. The van der Waals surface area contributed by atoms with E-state index < -0.39 is 0 Å². The summed E-state index contributed by atoms with van der Waals surface area (Å²) in [6.45, 7) is 3.85. The van der Waals surface area contributed by atoms with Gasteiger partial charge in [-0.2, -0.15) is 0 Å². The fourth-order valence-corrected chi connectivity index (χ4v) is 5.59. The number of primary amides is 1. The second-order valence-corrected chi connectivity index (χ2v) is 10.3. The smallest absolute Gasteiger partial charge is 0.252 e. The summed E-state index contributed by atoms with van der Waals surface area (Å²) in [5, 5.41) is 6.06. The molecule has 182 valence electrons. The number of amides is 3. The lowest BCUT2D eigenvalue weighted by Crippen LogP contribution is -2.42. The average molecular weight is 475 g/mol. The second kappa shape index (κ2) is 13.6. The molecule has 1 atom stereocenters. The van der Waals surface area contributed by atoms with Crippen LogP contribution in [0.2, 0.25) is 0 Å². The molecule has 8 heteroatoms. The lowest BCUT2D eigenvalue weighted by molar-refractivity contribution is -0.123. The van der Waals surface area contributed by atoms with Crippen LogP contribution in [0.3, 0.4) is 0 Å². The Kier molecular flexibility index (Phi) is 10.5. The number of nitrogens with one attached hydrogen (secondary N) is 2. The van der Waals surface area contributed by atoms with Crippen molar-refractivity contribution in [2.24, 2.45) is 17.6 Å². The van der Waals surface area contributed by atoms with Crippen LogP contribution in [0.5, 0.6) is 0 Å². The Morgan fingerprint density at radius 3 is 2.61 bits per heavy atom. The molecule has 1 aliphatic heterocycles. The zero-order chi connectivity index (χ0) is 23.5. The van der Waals surface area contributed by atoms with Crippen LogP contribution in [-0.4, -0.2) is 61.1 Å². The van der Waals surface area contributed by atoms with Crippen LogP contribution in [-0.2, 0) is 9.59 Å². The van der Waals surface area contributed by atoms with Gasteiger partial charge in [0.05, 0.1) is 17.2 Å². The number of thioether (sulfide) groups is 1. The van der Waals surface area contributed by atoms with Crippen molar-refractivity contribution in [1.29, 1.82) is 0 Å². The third kappa shape index (κ3) is 8.66. The monoisotopic (exact) mass is 474 g/mol. The molecular weight excluding hydrogens is 436 g/mol. The Hall–Kier alpha value is -2.06. The SMILES string of the molecule is NC(=O)C1CCCN(CCCNC(=O)c2ccccc2SCC(=O)NCC2CCCCC2)C1. The van der Waals surface area contributed by atoms with Crippen LogP contribution >= 0.6 is 11.8 Å². The summed E-state index contributed by atoms with van der Waals surface area (Å²) in [7, 11) is 0. The number of nitrogens with two attached hydrogens (primary N) is 1. The molecule has 1 saturated heterocycles.